The predicted octanol–water partition coefficient (Wildman–Crippen LogP) is -2.24. The monoisotopic (exact) mass is 408 g/mol. The van der Waals surface area contributed by atoms with Gasteiger partial charge in [-0.3, -0.25) is 9.59 Å². The third-order valence-electron chi connectivity index (χ3n) is 5.38. The smallest absolute Gasteiger partial charge is 0.235 e. The molecule has 8 N–H and O–H groups in total. The number of nitrogens with zero attached hydrogens (tertiary/aromatic N) is 2. The summed E-state index contributed by atoms with van der Waals surface area (Å²) in [4.78, 5) is 24.6. The SMILES string of the molecule is CC(O)C(C)(C(=O)NC(O)O)C(C)N=NC(C)C(C)(C(=O)NC(O)O)C(C)O. The number of nitrogens with one attached hydrogen (secondary N) is 2. The maximum Gasteiger partial charge on any atom is 0.235 e. The molecule has 2 amide bonds. The second kappa shape index (κ2) is 10.2. The van der Waals surface area contributed by atoms with Crippen LogP contribution in [0.5, 0.6) is 0 Å². The van der Waals surface area contributed by atoms with E-state index in [9.17, 15) is 19.8 Å². The molecule has 6 atom stereocenters. The van der Waals surface area contributed by atoms with Gasteiger partial charge in [-0.1, -0.05) is 0 Å². The quantitative estimate of drug-likeness (QED) is 0.146. The number of amides is 2. The molecule has 12 nitrogen and oxygen atoms in total. The number of aliphatic hydroxyl groups excluding tert-OH is 4. The van der Waals surface area contributed by atoms with Gasteiger partial charge in [0.2, 0.25) is 24.6 Å². The lowest BCUT2D eigenvalue weighted by Gasteiger charge is -2.36. The van der Waals surface area contributed by atoms with Gasteiger partial charge in [-0.25, -0.2) is 0 Å². The molecule has 0 saturated heterocycles. The number of azo groups is 1. The highest BCUT2D eigenvalue weighted by atomic mass is 16.5. The summed E-state index contributed by atoms with van der Waals surface area (Å²) in [5.74, 6) is -1.76. The average Bonchev–Trinajstić information content (AvgIpc) is 2.55. The summed E-state index contributed by atoms with van der Waals surface area (Å²) in [6.07, 6.45) is -6.74. The number of carbonyl (C=O) groups is 2. The molecule has 0 aromatic heterocycles. The summed E-state index contributed by atoms with van der Waals surface area (Å²) in [5.41, 5.74) is -3.17. The van der Waals surface area contributed by atoms with E-state index in [-0.39, 0.29) is 0 Å². The number of hydrogen-bond donors (Lipinski definition) is 8. The molecule has 0 aliphatic rings. The molecule has 0 aliphatic heterocycles. The van der Waals surface area contributed by atoms with Crippen molar-refractivity contribution in [3.8, 4) is 0 Å². The highest BCUT2D eigenvalue weighted by molar-refractivity contribution is 5.84. The summed E-state index contributed by atoms with van der Waals surface area (Å²) >= 11 is 0. The van der Waals surface area contributed by atoms with Crippen molar-refractivity contribution in [2.75, 3.05) is 0 Å². The first kappa shape index (κ1) is 26.3. The third-order valence-corrected chi connectivity index (χ3v) is 5.38. The van der Waals surface area contributed by atoms with Crippen LogP contribution in [0.1, 0.15) is 41.5 Å². The number of carbonyl (C=O) groups excluding carboxylic acids is 2. The van der Waals surface area contributed by atoms with E-state index >= 15 is 0 Å². The molecule has 28 heavy (non-hydrogen) atoms. The van der Waals surface area contributed by atoms with Crippen LogP contribution in [0.15, 0.2) is 10.2 Å². The van der Waals surface area contributed by atoms with Gasteiger partial charge in [-0.05, 0) is 41.5 Å². The summed E-state index contributed by atoms with van der Waals surface area (Å²) in [6.45, 7) is 8.29. The van der Waals surface area contributed by atoms with Gasteiger partial charge in [0.1, 0.15) is 0 Å². The van der Waals surface area contributed by atoms with E-state index < -0.39 is 59.8 Å². The first-order valence-electron chi connectivity index (χ1n) is 8.72. The third kappa shape index (κ3) is 5.90. The van der Waals surface area contributed by atoms with Crippen molar-refractivity contribution < 1.29 is 40.2 Å². The zero-order chi connectivity index (χ0) is 22.4. The lowest BCUT2D eigenvalue weighted by atomic mass is 9.77. The van der Waals surface area contributed by atoms with Gasteiger partial charge in [0.15, 0.2) is 0 Å². The van der Waals surface area contributed by atoms with Crippen LogP contribution in [-0.2, 0) is 9.59 Å². The predicted molar refractivity (Wildman–Crippen MR) is 96.1 cm³/mol. The Morgan fingerprint density at radius 2 is 0.929 bits per heavy atom. The minimum atomic E-state index is -2.12. The zero-order valence-electron chi connectivity index (χ0n) is 16.9. The van der Waals surface area contributed by atoms with Gasteiger partial charge in [-0.2, -0.15) is 10.2 Å². The first-order valence-corrected chi connectivity index (χ1v) is 8.72. The molecule has 0 saturated carbocycles. The summed E-state index contributed by atoms with van der Waals surface area (Å²) in [7, 11) is 0. The number of rotatable bonds is 10. The fourth-order valence-electron chi connectivity index (χ4n) is 2.44. The van der Waals surface area contributed by atoms with Crippen molar-refractivity contribution in [3.05, 3.63) is 0 Å². The topological polar surface area (TPSA) is 204 Å². The molecule has 0 aromatic carbocycles. The van der Waals surface area contributed by atoms with Gasteiger partial charge in [0.05, 0.1) is 35.1 Å². The van der Waals surface area contributed by atoms with Crippen molar-refractivity contribution >= 4 is 11.8 Å². The Labute approximate surface area is 163 Å². The van der Waals surface area contributed by atoms with Crippen LogP contribution in [0.2, 0.25) is 0 Å². The second-order valence-corrected chi connectivity index (χ2v) is 7.19. The van der Waals surface area contributed by atoms with Gasteiger partial charge >= 0.3 is 0 Å². The molecular formula is C16H32N4O8. The molecule has 0 rings (SSSR count). The largest absolute Gasteiger partial charge is 0.392 e. The Balaban J connectivity index is 5.69. The van der Waals surface area contributed by atoms with Gasteiger partial charge in [0, 0.05) is 0 Å². The number of aliphatic hydroxyl groups is 6. The minimum Gasteiger partial charge on any atom is -0.392 e. The van der Waals surface area contributed by atoms with Crippen LogP contribution in [0.4, 0.5) is 0 Å². The normalized spacial score (nSPS) is 20.9. The van der Waals surface area contributed by atoms with Gasteiger partial charge in [0.25, 0.3) is 0 Å². The Hall–Kier alpha value is -1.70. The van der Waals surface area contributed by atoms with E-state index in [1.54, 1.807) is 0 Å². The molecule has 12 heteroatoms. The molecule has 164 valence electrons. The molecular weight excluding hydrogens is 376 g/mol. The Bertz CT molecular complexity index is 521. The van der Waals surface area contributed by atoms with E-state index in [4.69, 9.17) is 20.4 Å². The standard InChI is InChI=1S/C16H32N4O8/c1-7(15(5,9(3)21)11(23)17-13(25)26)19-20-8(2)16(6,10(4)22)12(24)18-14(27)28/h7-10,13-14,21-22,25-28H,1-6H3,(H,17,23)(H,18,24). The highest BCUT2D eigenvalue weighted by Crippen LogP contribution is 2.32. The van der Waals surface area contributed by atoms with Crippen LogP contribution in [0.3, 0.4) is 0 Å². The average molecular weight is 408 g/mol. The molecule has 0 spiro atoms. The fraction of sp³-hybridized carbons (Fsp3) is 0.875. The van der Waals surface area contributed by atoms with Crippen LogP contribution >= 0.6 is 0 Å². The zero-order valence-corrected chi connectivity index (χ0v) is 16.9. The van der Waals surface area contributed by atoms with Crippen LogP contribution in [-0.4, -0.2) is 79.6 Å². The van der Waals surface area contributed by atoms with Crippen molar-refractivity contribution in [1.82, 2.24) is 10.6 Å². The Kier molecular flexibility index (Phi) is 9.57. The van der Waals surface area contributed by atoms with Crippen molar-refractivity contribution in [1.29, 1.82) is 0 Å². The molecule has 0 aromatic rings. The van der Waals surface area contributed by atoms with E-state index in [1.807, 2.05) is 10.6 Å². The molecule has 0 aliphatic carbocycles. The summed E-state index contributed by atoms with van der Waals surface area (Å²) in [5, 5.41) is 67.6. The van der Waals surface area contributed by atoms with Crippen LogP contribution in [0, 0.1) is 10.8 Å². The van der Waals surface area contributed by atoms with Crippen molar-refractivity contribution in [2.24, 2.45) is 21.1 Å². The van der Waals surface area contributed by atoms with E-state index in [2.05, 4.69) is 10.2 Å². The highest BCUT2D eigenvalue weighted by Gasteiger charge is 2.46. The first-order chi connectivity index (χ1) is 12.6. The Morgan fingerprint density at radius 1 is 0.679 bits per heavy atom. The van der Waals surface area contributed by atoms with Crippen molar-refractivity contribution in [3.63, 3.8) is 0 Å². The van der Waals surface area contributed by atoms with E-state index in [1.165, 1.54) is 41.5 Å². The molecule has 0 bridgehead atoms. The van der Waals surface area contributed by atoms with E-state index in [0.717, 1.165) is 0 Å². The maximum absolute atomic E-state index is 12.3. The maximum atomic E-state index is 12.3. The van der Waals surface area contributed by atoms with Crippen LogP contribution < -0.4 is 10.6 Å². The fourth-order valence-corrected chi connectivity index (χ4v) is 2.44. The minimum absolute atomic E-state index is 0.879. The second-order valence-electron chi connectivity index (χ2n) is 7.19. The summed E-state index contributed by atoms with van der Waals surface area (Å²) in [6, 6.07) is -1.92. The number of hydrogen-bond acceptors (Lipinski definition) is 10. The molecule has 0 fully saturated rings. The molecule has 0 radical (unpaired) electrons. The van der Waals surface area contributed by atoms with Gasteiger partial charge in [-0.15, -0.1) is 0 Å². The van der Waals surface area contributed by atoms with E-state index in [0.29, 0.717) is 0 Å². The Morgan fingerprint density at radius 3 is 1.11 bits per heavy atom. The molecule has 0 heterocycles. The van der Waals surface area contributed by atoms with Gasteiger partial charge < -0.3 is 41.3 Å². The van der Waals surface area contributed by atoms with Crippen molar-refractivity contribution in [2.45, 2.75) is 78.7 Å². The lowest BCUT2D eigenvalue weighted by molar-refractivity contribution is -0.152. The lowest BCUT2D eigenvalue weighted by Crippen LogP contribution is -2.54. The summed E-state index contributed by atoms with van der Waals surface area (Å²) < 4.78 is 0. The molecule has 6 unspecified atom stereocenters. The van der Waals surface area contributed by atoms with Crippen LogP contribution in [0.25, 0.3) is 0 Å².